The van der Waals surface area contributed by atoms with Crippen molar-refractivity contribution in [1.29, 1.82) is 0 Å². The summed E-state index contributed by atoms with van der Waals surface area (Å²) in [4.78, 5) is 50.4. The lowest BCUT2D eigenvalue weighted by atomic mass is 9.84. The molecule has 0 fully saturated rings. The Hall–Kier alpha value is -4.52. The fourth-order valence-corrected chi connectivity index (χ4v) is 4.10. The standard InChI is InChI=1S/2C14H8O2.C3H9N.C2H7N.11C2H6/c2*15-13-9-5-1-2-6-10(9)14(16)12-8-4-3-7-11(12)13;1-4(2)3;1-3-2;11*1-2/h2*1-8H;1-3H3;3H,1-2H3;11*1-2H3. The first-order chi connectivity index (χ1) is 29.7. The van der Waals surface area contributed by atoms with Gasteiger partial charge in [0, 0.05) is 44.5 Å². The molecule has 0 spiro atoms. The molecule has 1 N–H and O–H groups in total. The maximum atomic E-state index is 12.1. The molecule has 0 unspecified atom stereocenters. The molecule has 2 aliphatic carbocycles. The van der Waals surface area contributed by atoms with E-state index in [0.717, 1.165) is 0 Å². The second-order valence-corrected chi connectivity index (χ2v) is 9.34. The van der Waals surface area contributed by atoms with Gasteiger partial charge in [0.05, 0.1) is 0 Å². The van der Waals surface area contributed by atoms with Crippen LogP contribution < -0.4 is 5.32 Å². The minimum absolute atomic E-state index is 0.0641. The Balaban J connectivity index is -0.0000000797. The summed E-state index contributed by atoms with van der Waals surface area (Å²) in [6, 6.07) is 27.8. The third-order valence-corrected chi connectivity index (χ3v) is 5.67. The second-order valence-electron chi connectivity index (χ2n) is 9.34. The lowest BCUT2D eigenvalue weighted by Gasteiger charge is -2.16. The maximum Gasteiger partial charge on any atom is 0.194 e. The van der Waals surface area contributed by atoms with Crippen LogP contribution in [0.3, 0.4) is 0 Å². The fraction of sp³-hybridized carbons (Fsp3) is 0.491. The summed E-state index contributed by atoms with van der Waals surface area (Å²) in [6.45, 7) is 44.0. The topological polar surface area (TPSA) is 83.6 Å². The number of rotatable bonds is 0. The Morgan fingerprint density at radius 3 is 0.393 bits per heavy atom. The highest BCUT2D eigenvalue weighted by atomic mass is 16.1. The summed E-state index contributed by atoms with van der Waals surface area (Å²) < 4.78 is 0. The average molecular weight is 851 g/mol. The van der Waals surface area contributed by atoms with Gasteiger partial charge in [-0.25, -0.2) is 0 Å². The zero-order valence-corrected chi connectivity index (χ0v) is 44.8. The van der Waals surface area contributed by atoms with Crippen molar-refractivity contribution in [1.82, 2.24) is 10.2 Å². The van der Waals surface area contributed by atoms with Crippen molar-refractivity contribution in [3.8, 4) is 0 Å². The van der Waals surface area contributed by atoms with Crippen LogP contribution in [0.1, 0.15) is 216 Å². The van der Waals surface area contributed by atoms with Crippen LogP contribution in [0.25, 0.3) is 0 Å². The minimum atomic E-state index is -0.0641. The van der Waals surface area contributed by atoms with Crippen LogP contribution >= 0.6 is 0 Å². The van der Waals surface area contributed by atoms with Crippen LogP contribution in [0.4, 0.5) is 0 Å². The Kier molecular flexibility index (Phi) is 78.6. The molecule has 0 radical (unpaired) electrons. The first-order valence-electron chi connectivity index (χ1n) is 23.5. The van der Waals surface area contributed by atoms with Crippen LogP contribution in [0.5, 0.6) is 0 Å². The first kappa shape index (κ1) is 77.1. The van der Waals surface area contributed by atoms with Gasteiger partial charge >= 0.3 is 0 Å². The number of hydrogen-bond donors (Lipinski definition) is 1. The number of hydrogen-bond acceptors (Lipinski definition) is 6. The molecular weight excluding hydrogens is 753 g/mol. The predicted octanol–water partition coefficient (Wildman–Crippen LogP) is 16.2. The number of carbonyl (C=O) groups excluding carboxylic acids is 4. The van der Waals surface area contributed by atoms with Crippen LogP contribution in [0, 0.1) is 0 Å². The van der Waals surface area contributed by atoms with Crippen LogP contribution in [-0.4, -0.2) is 63.3 Å². The lowest BCUT2D eigenvalue weighted by Crippen LogP contribution is -2.20. The molecule has 6 heteroatoms. The molecule has 0 heterocycles. The molecule has 4 aromatic rings. The highest BCUT2D eigenvalue weighted by molar-refractivity contribution is 6.29. The largest absolute Gasteiger partial charge is 0.323 e. The van der Waals surface area contributed by atoms with Crippen molar-refractivity contribution in [2.24, 2.45) is 0 Å². The quantitative estimate of drug-likeness (QED) is 0.164. The molecule has 4 aromatic carbocycles. The smallest absolute Gasteiger partial charge is 0.194 e. The molecule has 0 aromatic heterocycles. The minimum Gasteiger partial charge on any atom is -0.323 e. The van der Waals surface area contributed by atoms with Gasteiger partial charge in [-0.05, 0) is 35.2 Å². The van der Waals surface area contributed by atoms with Crippen molar-refractivity contribution in [2.45, 2.75) is 152 Å². The SMILES string of the molecule is CC.CC.CC.CC.CC.CC.CC.CC.CC.CC.CC.CN(C)C.CNC.O=C1c2ccccc2C(=O)c2ccccc21.O=C1c2ccccc2C(=O)c2ccccc21. The van der Waals surface area contributed by atoms with E-state index in [9.17, 15) is 19.2 Å². The van der Waals surface area contributed by atoms with E-state index in [0.29, 0.717) is 44.5 Å². The lowest BCUT2D eigenvalue weighted by molar-refractivity contribution is 0.0979. The summed E-state index contributed by atoms with van der Waals surface area (Å²) in [5, 5.41) is 2.75. The van der Waals surface area contributed by atoms with Gasteiger partial charge in [-0.2, -0.15) is 0 Å². The van der Waals surface area contributed by atoms with Crippen molar-refractivity contribution in [2.75, 3.05) is 35.2 Å². The van der Waals surface area contributed by atoms with Gasteiger partial charge in [-0.1, -0.05) is 249 Å². The Bertz CT molecular complexity index is 1200. The second kappa shape index (κ2) is 62.1. The Morgan fingerprint density at radius 2 is 0.328 bits per heavy atom. The third-order valence-electron chi connectivity index (χ3n) is 5.67. The van der Waals surface area contributed by atoms with E-state index < -0.39 is 0 Å². The zero-order valence-electron chi connectivity index (χ0n) is 44.8. The zero-order chi connectivity index (χ0) is 50.5. The molecule has 6 nitrogen and oxygen atoms in total. The summed E-state index contributed by atoms with van der Waals surface area (Å²) in [5.74, 6) is -0.256. The number of ketones is 4. The predicted molar refractivity (Wildman–Crippen MR) is 279 cm³/mol. The monoisotopic (exact) mass is 851 g/mol. The van der Waals surface area contributed by atoms with Gasteiger partial charge < -0.3 is 10.2 Å². The summed E-state index contributed by atoms with van der Waals surface area (Å²) in [5.41, 5.74) is 4.05. The van der Waals surface area contributed by atoms with Gasteiger partial charge in [0.1, 0.15) is 0 Å². The molecule has 61 heavy (non-hydrogen) atoms. The number of carbonyl (C=O) groups is 4. The van der Waals surface area contributed by atoms with E-state index in [4.69, 9.17) is 0 Å². The molecule has 0 amide bonds. The molecule has 0 bridgehead atoms. The van der Waals surface area contributed by atoms with E-state index in [1.165, 1.54) is 0 Å². The highest BCUT2D eigenvalue weighted by Crippen LogP contribution is 2.27. The molecule has 2 aliphatic rings. The Labute approximate surface area is 380 Å². The molecule has 0 aliphatic heterocycles. The van der Waals surface area contributed by atoms with Crippen molar-refractivity contribution in [3.05, 3.63) is 142 Å². The number of nitrogens with zero attached hydrogens (tertiary/aromatic N) is 1. The number of nitrogens with one attached hydrogen (secondary N) is 1. The number of fused-ring (bicyclic) bond motifs is 4. The van der Waals surface area contributed by atoms with Gasteiger partial charge in [-0.15, -0.1) is 0 Å². The van der Waals surface area contributed by atoms with Crippen molar-refractivity contribution < 1.29 is 19.2 Å². The van der Waals surface area contributed by atoms with Gasteiger partial charge in [0.15, 0.2) is 23.1 Å². The third kappa shape index (κ3) is 31.1. The summed E-state index contributed by atoms with van der Waals surface area (Å²) in [7, 11) is 9.75. The van der Waals surface area contributed by atoms with Crippen molar-refractivity contribution >= 4 is 23.1 Å². The van der Waals surface area contributed by atoms with E-state index >= 15 is 0 Å². The molecule has 352 valence electrons. The summed E-state index contributed by atoms with van der Waals surface area (Å²) in [6.07, 6.45) is 0. The number of benzene rings is 4. The van der Waals surface area contributed by atoms with E-state index in [-0.39, 0.29) is 23.1 Å². The van der Waals surface area contributed by atoms with Crippen molar-refractivity contribution in [3.63, 3.8) is 0 Å². The van der Waals surface area contributed by atoms with Crippen LogP contribution in [0.15, 0.2) is 97.1 Å². The average Bonchev–Trinajstić information content (AvgIpc) is 3.37. The molecule has 0 saturated heterocycles. The highest BCUT2D eigenvalue weighted by Gasteiger charge is 2.29. The molecular formula is C55H98N2O4. The fourth-order valence-electron chi connectivity index (χ4n) is 4.10. The van der Waals surface area contributed by atoms with E-state index in [2.05, 4.69) is 5.32 Å². The maximum absolute atomic E-state index is 12.1. The normalized spacial score (nSPS) is 8.92. The van der Waals surface area contributed by atoms with Gasteiger partial charge in [-0.3, -0.25) is 19.2 Å². The summed E-state index contributed by atoms with van der Waals surface area (Å²) >= 11 is 0. The molecule has 0 saturated carbocycles. The van der Waals surface area contributed by atoms with Gasteiger partial charge in [0.2, 0.25) is 0 Å². The first-order valence-corrected chi connectivity index (χ1v) is 23.5. The molecule has 0 atom stereocenters. The van der Waals surface area contributed by atoms with Gasteiger partial charge in [0.25, 0.3) is 0 Å². The van der Waals surface area contributed by atoms with E-state index in [1.54, 1.807) is 97.1 Å². The van der Waals surface area contributed by atoms with Crippen LogP contribution in [-0.2, 0) is 0 Å². The molecule has 6 rings (SSSR count). The van der Waals surface area contributed by atoms with Crippen LogP contribution in [0.2, 0.25) is 0 Å². The Morgan fingerprint density at radius 1 is 0.262 bits per heavy atom. The van der Waals surface area contributed by atoms with E-state index in [1.807, 2.05) is 192 Å².